The molecule has 0 spiro atoms. The van der Waals surface area contributed by atoms with Crippen LogP contribution in [-0.4, -0.2) is 15.0 Å². The number of aromatic nitrogens is 3. The van der Waals surface area contributed by atoms with E-state index in [1.165, 1.54) is 12.1 Å². The summed E-state index contributed by atoms with van der Waals surface area (Å²) in [5.74, 6) is 0.905. The van der Waals surface area contributed by atoms with Crippen molar-refractivity contribution in [1.82, 2.24) is 15.0 Å². The zero-order valence-corrected chi connectivity index (χ0v) is 10.7. The zero-order chi connectivity index (χ0) is 13.6. The maximum atomic E-state index is 13.2. The summed E-state index contributed by atoms with van der Waals surface area (Å²) < 4.78 is 13.2. The fourth-order valence-electron chi connectivity index (χ4n) is 1.98. The highest BCUT2D eigenvalue weighted by Gasteiger charge is 2.10. The van der Waals surface area contributed by atoms with Crippen molar-refractivity contribution < 1.29 is 4.39 Å². The number of benzene rings is 1. The highest BCUT2D eigenvalue weighted by atomic mass is 19.1. The lowest BCUT2D eigenvalue weighted by Crippen LogP contribution is -2.03. The molecular weight excluding hydrogens is 243 g/mol. The number of fused-ring (bicyclic) bond motifs is 2. The van der Waals surface area contributed by atoms with Crippen molar-refractivity contribution in [2.24, 2.45) is 0 Å². The summed E-state index contributed by atoms with van der Waals surface area (Å²) in [6, 6.07) is 6.31. The first-order valence-electron chi connectivity index (χ1n) is 6.08. The largest absolute Gasteiger partial charge is 0.383 e. The quantitative estimate of drug-likeness (QED) is 0.680. The van der Waals surface area contributed by atoms with Gasteiger partial charge in [-0.1, -0.05) is 13.8 Å². The van der Waals surface area contributed by atoms with Gasteiger partial charge in [0, 0.05) is 17.4 Å². The summed E-state index contributed by atoms with van der Waals surface area (Å²) in [5, 5.41) is 1.52. The van der Waals surface area contributed by atoms with Crippen LogP contribution in [0.15, 0.2) is 24.3 Å². The van der Waals surface area contributed by atoms with E-state index in [0.717, 1.165) is 5.39 Å². The van der Waals surface area contributed by atoms with Crippen LogP contribution in [-0.2, 0) is 0 Å². The molecule has 0 amide bonds. The number of pyridine rings is 1. The van der Waals surface area contributed by atoms with Crippen LogP contribution in [0.5, 0.6) is 0 Å². The molecule has 0 radical (unpaired) electrons. The van der Waals surface area contributed by atoms with Crippen molar-refractivity contribution in [1.29, 1.82) is 0 Å². The molecule has 0 fully saturated rings. The number of anilines is 1. The van der Waals surface area contributed by atoms with Gasteiger partial charge in [0.2, 0.25) is 0 Å². The first-order chi connectivity index (χ1) is 9.04. The van der Waals surface area contributed by atoms with E-state index in [0.29, 0.717) is 28.2 Å². The Labute approximate surface area is 109 Å². The standard InChI is InChI=1S/C14H13FN4/c1-7(2)13-18-12(16)10-5-8-3-4-9(15)6-11(8)17-14(10)19-13/h3-7H,1-2H3,(H2,16,17,18,19). The smallest absolute Gasteiger partial charge is 0.165 e. The van der Waals surface area contributed by atoms with Gasteiger partial charge in [-0.3, -0.25) is 0 Å². The van der Waals surface area contributed by atoms with E-state index in [1.54, 1.807) is 6.07 Å². The zero-order valence-electron chi connectivity index (χ0n) is 10.7. The van der Waals surface area contributed by atoms with Crippen LogP contribution in [0.1, 0.15) is 25.6 Å². The van der Waals surface area contributed by atoms with Crippen LogP contribution < -0.4 is 5.73 Å². The monoisotopic (exact) mass is 256 g/mol. The highest BCUT2D eigenvalue weighted by molar-refractivity contribution is 5.95. The van der Waals surface area contributed by atoms with Gasteiger partial charge in [0.05, 0.1) is 10.9 Å². The molecule has 2 N–H and O–H groups in total. The predicted molar refractivity (Wildman–Crippen MR) is 73.3 cm³/mol. The lowest BCUT2D eigenvalue weighted by atomic mass is 10.1. The summed E-state index contributed by atoms with van der Waals surface area (Å²) >= 11 is 0. The molecule has 0 aliphatic heterocycles. The summed E-state index contributed by atoms with van der Waals surface area (Å²) in [6.07, 6.45) is 0. The number of nitrogens with zero attached hydrogens (tertiary/aromatic N) is 3. The first kappa shape index (κ1) is 11.8. The van der Waals surface area contributed by atoms with E-state index in [9.17, 15) is 4.39 Å². The second kappa shape index (κ2) is 4.12. The van der Waals surface area contributed by atoms with Crippen LogP contribution in [0, 0.1) is 5.82 Å². The van der Waals surface area contributed by atoms with Gasteiger partial charge in [0.25, 0.3) is 0 Å². The van der Waals surface area contributed by atoms with Crippen molar-refractivity contribution in [2.75, 3.05) is 5.73 Å². The van der Waals surface area contributed by atoms with Crippen LogP contribution in [0.4, 0.5) is 10.2 Å². The topological polar surface area (TPSA) is 64.7 Å². The third kappa shape index (κ3) is 1.97. The molecule has 0 aliphatic carbocycles. The molecule has 4 nitrogen and oxygen atoms in total. The Balaban J connectivity index is 2.38. The van der Waals surface area contributed by atoms with Crippen LogP contribution in [0.25, 0.3) is 21.9 Å². The molecule has 3 aromatic rings. The number of hydrogen-bond acceptors (Lipinski definition) is 4. The minimum Gasteiger partial charge on any atom is -0.383 e. The highest BCUT2D eigenvalue weighted by Crippen LogP contribution is 2.24. The SMILES string of the molecule is CC(C)c1nc(N)c2cc3ccc(F)cc3nc2n1. The van der Waals surface area contributed by atoms with Crippen LogP contribution >= 0.6 is 0 Å². The van der Waals surface area contributed by atoms with Crippen LogP contribution in [0.3, 0.4) is 0 Å². The molecule has 0 bridgehead atoms. The van der Waals surface area contributed by atoms with E-state index in [2.05, 4.69) is 15.0 Å². The Morgan fingerprint density at radius 1 is 1.11 bits per heavy atom. The fourth-order valence-corrected chi connectivity index (χ4v) is 1.98. The average Bonchev–Trinajstić information content (AvgIpc) is 2.36. The van der Waals surface area contributed by atoms with Gasteiger partial charge in [-0.15, -0.1) is 0 Å². The number of nitrogen functional groups attached to an aromatic ring is 1. The van der Waals surface area contributed by atoms with Crippen LogP contribution in [0.2, 0.25) is 0 Å². The predicted octanol–water partition coefficient (Wildman–Crippen LogP) is 3.02. The fraction of sp³-hybridized carbons (Fsp3) is 0.214. The maximum absolute atomic E-state index is 13.2. The van der Waals surface area contributed by atoms with Gasteiger partial charge in [-0.25, -0.2) is 19.3 Å². The van der Waals surface area contributed by atoms with E-state index in [4.69, 9.17) is 5.73 Å². The minimum absolute atomic E-state index is 0.164. The lowest BCUT2D eigenvalue weighted by Gasteiger charge is -2.08. The number of nitrogens with two attached hydrogens (primary N) is 1. The summed E-state index contributed by atoms with van der Waals surface area (Å²) in [7, 11) is 0. The van der Waals surface area contributed by atoms with Gasteiger partial charge < -0.3 is 5.73 Å². The number of rotatable bonds is 1. The Kier molecular flexibility index (Phi) is 2.55. The first-order valence-corrected chi connectivity index (χ1v) is 6.08. The molecule has 19 heavy (non-hydrogen) atoms. The minimum atomic E-state index is -0.314. The molecule has 2 heterocycles. The molecular formula is C14H13FN4. The van der Waals surface area contributed by atoms with Gasteiger partial charge in [-0.2, -0.15) is 0 Å². The van der Waals surface area contributed by atoms with Gasteiger partial charge in [-0.05, 0) is 18.2 Å². The molecule has 0 unspecified atom stereocenters. The molecule has 0 atom stereocenters. The average molecular weight is 256 g/mol. The molecule has 3 rings (SSSR count). The summed E-state index contributed by atoms with van der Waals surface area (Å²) in [6.45, 7) is 3.97. The van der Waals surface area contributed by atoms with Gasteiger partial charge in [0.15, 0.2) is 5.65 Å². The summed E-state index contributed by atoms with van der Waals surface area (Å²) in [4.78, 5) is 13.0. The van der Waals surface area contributed by atoms with Crippen molar-refractivity contribution in [3.8, 4) is 0 Å². The van der Waals surface area contributed by atoms with E-state index >= 15 is 0 Å². The van der Waals surface area contributed by atoms with E-state index < -0.39 is 0 Å². The maximum Gasteiger partial charge on any atom is 0.165 e. The Bertz CT molecular complexity index is 783. The van der Waals surface area contributed by atoms with Gasteiger partial charge >= 0.3 is 0 Å². The van der Waals surface area contributed by atoms with Crippen molar-refractivity contribution >= 4 is 27.8 Å². The van der Waals surface area contributed by atoms with E-state index in [-0.39, 0.29) is 11.7 Å². The molecule has 96 valence electrons. The molecule has 5 heteroatoms. The van der Waals surface area contributed by atoms with E-state index in [1.807, 2.05) is 19.9 Å². The number of hydrogen-bond donors (Lipinski definition) is 1. The molecule has 0 saturated carbocycles. The number of halogens is 1. The van der Waals surface area contributed by atoms with Crippen molar-refractivity contribution in [3.05, 3.63) is 35.9 Å². The molecule has 2 aromatic heterocycles. The molecule has 1 aromatic carbocycles. The summed E-state index contributed by atoms with van der Waals surface area (Å²) in [5.41, 5.74) is 7.03. The van der Waals surface area contributed by atoms with Gasteiger partial charge in [0.1, 0.15) is 17.5 Å². The Morgan fingerprint density at radius 3 is 2.63 bits per heavy atom. The molecule has 0 aliphatic rings. The Morgan fingerprint density at radius 2 is 1.89 bits per heavy atom. The second-order valence-corrected chi connectivity index (χ2v) is 4.82. The lowest BCUT2D eigenvalue weighted by molar-refractivity contribution is 0.629. The molecule has 0 saturated heterocycles. The van der Waals surface area contributed by atoms with Crippen molar-refractivity contribution in [2.45, 2.75) is 19.8 Å². The third-order valence-corrected chi connectivity index (χ3v) is 3.01. The second-order valence-electron chi connectivity index (χ2n) is 4.82. The normalized spacial score (nSPS) is 11.6. The van der Waals surface area contributed by atoms with Crippen molar-refractivity contribution in [3.63, 3.8) is 0 Å². The third-order valence-electron chi connectivity index (χ3n) is 3.01. The Hall–Kier alpha value is -2.30.